The van der Waals surface area contributed by atoms with E-state index in [0.717, 1.165) is 56.3 Å². The zero-order chi connectivity index (χ0) is 17.6. The SMILES string of the molecule is CCCCCC1(S(C)(=O)=O)CCC(C2CCC(CCC)CC2)CC1. The van der Waals surface area contributed by atoms with Gasteiger partial charge >= 0.3 is 0 Å². The van der Waals surface area contributed by atoms with Gasteiger partial charge in [-0.2, -0.15) is 0 Å². The predicted molar refractivity (Wildman–Crippen MR) is 104 cm³/mol. The second kappa shape index (κ2) is 9.05. The molecule has 0 N–H and O–H groups in total. The molecule has 0 bridgehead atoms. The summed E-state index contributed by atoms with van der Waals surface area (Å²) in [6.07, 6.45) is 18.3. The third kappa shape index (κ3) is 4.99. The fourth-order valence-corrected chi connectivity index (χ4v) is 6.99. The zero-order valence-corrected chi connectivity index (χ0v) is 17.2. The summed E-state index contributed by atoms with van der Waals surface area (Å²) in [5.74, 6) is 2.65. The second-order valence-corrected chi connectivity index (χ2v) is 11.2. The summed E-state index contributed by atoms with van der Waals surface area (Å²) in [5, 5.41) is 0. The van der Waals surface area contributed by atoms with Crippen LogP contribution < -0.4 is 0 Å². The van der Waals surface area contributed by atoms with Crippen LogP contribution in [0.4, 0.5) is 0 Å². The van der Waals surface area contributed by atoms with Crippen LogP contribution in [0.5, 0.6) is 0 Å². The normalized spacial score (nSPS) is 35.0. The van der Waals surface area contributed by atoms with Gasteiger partial charge in [-0.25, -0.2) is 8.42 Å². The third-order valence-corrected chi connectivity index (χ3v) is 9.40. The largest absolute Gasteiger partial charge is 0.229 e. The van der Waals surface area contributed by atoms with Crippen LogP contribution in [0.3, 0.4) is 0 Å². The molecule has 2 aliphatic rings. The molecule has 24 heavy (non-hydrogen) atoms. The van der Waals surface area contributed by atoms with Gasteiger partial charge in [0.2, 0.25) is 0 Å². The van der Waals surface area contributed by atoms with Gasteiger partial charge in [-0.1, -0.05) is 58.8 Å². The first kappa shape index (κ1) is 20.3. The van der Waals surface area contributed by atoms with E-state index < -0.39 is 14.6 Å². The van der Waals surface area contributed by atoms with Crippen LogP contribution >= 0.6 is 0 Å². The Hall–Kier alpha value is -0.0500. The number of hydrogen-bond acceptors (Lipinski definition) is 2. The first-order valence-electron chi connectivity index (χ1n) is 10.6. The van der Waals surface area contributed by atoms with Gasteiger partial charge in [-0.05, 0) is 62.7 Å². The fourth-order valence-electron chi connectivity index (χ4n) is 5.50. The minimum absolute atomic E-state index is 0.391. The van der Waals surface area contributed by atoms with Gasteiger partial charge in [0, 0.05) is 6.26 Å². The van der Waals surface area contributed by atoms with Crippen molar-refractivity contribution >= 4 is 9.84 Å². The van der Waals surface area contributed by atoms with Gasteiger partial charge < -0.3 is 0 Å². The van der Waals surface area contributed by atoms with E-state index in [1.165, 1.54) is 57.6 Å². The highest BCUT2D eigenvalue weighted by atomic mass is 32.2. The molecule has 0 aromatic rings. The highest BCUT2D eigenvalue weighted by molar-refractivity contribution is 7.92. The van der Waals surface area contributed by atoms with Crippen molar-refractivity contribution in [2.75, 3.05) is 6.26 Å². The van der Waals surface area contributed by atoms with Gasteiger partial charge in [0.05, 0.1) is 4.75 Å². The molecule has 0 unspecified atom stereocenters. The first-order chi connectivity index (χ1) is 11.4. The summed E-state index contributed by atoms with van der Waals surface area (Å²) in [6, 6.07) is 0. The lowest BCUT2D eigenvalue weighted by Crippen LogP contribution is -2.43. The van der Waals surface area contributed by atoms with Gasteiger partial charge in [-0.15, -0.1) is 0 Å². The summed E-state index contributed by atoms with van der Waals surface area (Å²) >= 11 is 0. The number of rotatable bonds is 8. The Labute approximate surface area is 151 Å². The maximum atomic E-state index is 12.5. The molecule has 0 radical (unpaired) electrons. The molecule has 2 aliphatic carbocycles. The van der Waals surface area contributed by atoms with E-state index in [1.54, 1.807) is 0 Å². The Morgan fingerprint density at radius 2 is 1.42 bits per heavy atom. The average Bonchev–Trinajstić information content (AvgIpc) is 2.56. The lowest BCUT2D eigenvalue weighted by molar-refractivity contribution is 0.146. The van der Waals surface area contributed by atoms with Crippen molar-refractivity contribution in [1.82, 2.24) is 0 Å². The zero-order valence-electron chi connectivity index (χ0n) is 16.4. The van der Waals surface area contributed by atoms with E-state index in [0.29, 0.717) is 0 Å². The monoisotopic (exact) mass is 356 g/mol. The van der Waals surface area contributed by atoms with Crippen LogP contribution in [0.25, 0.3) is 0 Å². The molecule has 2 nitrogen and oxygen atoms in total. The van der Waals surface area contributed by atoms with Crippen molar-refractivity contribution in [2.45, 2.75) is 108 Å². The number of unbranched alkanes of at least 4 members (excludes halogenated alkanes) is 2. The van der Waals surface area contributed by atoms with E-state index in [2.05, 4.69) is 13.8 Å². The molecule has 0 aliphatic heterocycles. The lowest BCUT2D eigenvalue weighted by atomic mass is 9.68. The Morgan fingerprint density at radius 3 is 1.92 bits per heavy atom. The highest BCUT2D eigenvalue weighted by Crippen LogP contribution is 2.47. The minimum atomic E-state index is -2.94. The predicted octanol–water partition coefficient (Wildman–Crippen LogP) is 6.15. The Balaban J connectivity index is 1.88. The Bertz CT molecular complexity index is 452. The molecule has 2 saturated carbocycles. The minimum Gasteiger partial charge on any atom is -0.229 e. The fraction of sp³-hybridized carbons (Fsp3) is 1.00. The molecule has 142 valence electrons. The van der Waals surface area contributed by atoms with E-state index in [9.17, 15) is 8.42 Å². The molecule has 3 heteroatoms. The average molecular weight is 357 g/mol. The lowest BCUT2D eigenvalue weighted by Gasteiger charge is -2.43. The number of sulfone groups is 1. The van der Waals surface area contributed by atoms with Crippen LogP contribution in [-0.4, -0.2) is 19.4 Å². The maximum Gasteiger partial charge on any atom is 0.153 e. The molecular formula is C21H40O2S. The van der Waals surface area contributed by atoms with Gasteiger partial charge in [0.25, 0.3) is 0 Å². The summed E-state index contributed by atoms with van der Waals surface area (Å²) in [4.78, 5) is 0. The quantitative estimate of drug-likeness (QED) is 0.489. The molecule has 0 amide bonds. The smallest absolute Gasteiger partial charge is 0.153 e. The molecule has 0 spiro atoms. The molecule has 0 saturated heterocycles. The Kier molecular flexibility index (Phi) is 7.64. The van der Waals surface area contributed by atoms with E-state index in [1.807, 2.05) is 0 Å². The van der Waals surface area contributed by atoms with Crippen molar-refractivity contribution in [3.8, 4) is 0 Å². The van der Waals surface area contributed by atoms with Crippen LogP contribution in [0.2, 0.25) is 0 Å². The maximum absolute atomic E-state index is 12.5. The molecule has 0 aromatic heterocycles. The second-order valence-electron chi connectivity index (χ2n) is 8.82. The van der Waals surface area contributed by atoms with Crippen LogP contribution in [0.15, 0.2) is 0 Å². The van der Waals surface area contributed by atoms with E-state index >= 15 is 0 Å². The van der Waals surface area contributed by atoms with Crippen molar-refractivity contribution in [3.05, 3.63) is 0 Å². The standard InChI is InChI=1S/C21H40O2S/c1-4-6-7-15-21(24(3,22)23)16-13-20(14-17-21)19-11-9-18(8-5-2)10-12-19/h18-20H,4-17H2,1-3H3. The van der Waals surface area contributed by atoms with Crippen molar-refractivity contribution < 1.29 is 8.42 Å². The molecule has 2 fully saturated rings. The van der Waals surface area contributed by atoms with Crippen molar-refractivity contribution in [2.24, 2.45) is 17.8 Å². The molecule has 2 rings (SSSR count). The van der Waals surface area contributed by atoms with E-state index in [4.69, 9.17) is 0 Å². The van der Waals surface area contributed by atoms with E-state index in [-0.39, 0.29) is 0 Å². The molecule has 0 atom stereocenters. The van der Waals surface area contributed by atoms with Gasteiger partial charge in [0.1, 0.15) is 0 Å². The third-order valence-electron chi connectivity index (χ3n) is 7.22. The van der Waals surface area contributed by atoms with Crippen molar-refractivity contribution in [1.29, 1.82) is 0 Å². The summed E-state index contributed by atoms with van der Waals surface area (Å²) in [6.45, 7) is 4.50. The van der Waals surface area contributed by atoms with Gasteiger partial charge in [0.15, 0.2) is 9.84 Å². The Morgan fingerprint density at radius 1 is 0.833 bits per heavy atom. The highest BCUT2D eigenvalue weighted by Gasteiger charge is 2.44. The summed E-state index contributed by atoms with van der Waals surface area (Å²) in [5.41, 5.74) is 0. The first-order valence-corrected chi connectivity index (χ1v) is 12.5. The topological polar surface area (TPSA) is 34.1 Å². The van der Waals surface area contributed by atoms with Crippen LogP contribution in [0, 0.1) is 17.8 Å². The molecular weight excluding hydrogens is 316 g/mol. The molecule has 0 heterocycles. The van der Waals surface area contributed by atoms with Gasteiger partial charge in [-0.3, -0.25) is 0 Å². The van der Waals surface area contributed by atoms with Crippen LogP contribution in [-0.2, 0) is 9.84 Å². The summed E-state index contributed by atoms with van der Waals surface area (Å²) in [7, 11) is -2.94. The number of hydrogen-bond donors (Lipinski definition) is 0. The van der Waals surface area contributed by atoms with Crippen LogP contribution in [0.1, 0.15) is 104 Å². The molecule has 0 aromatic carbocycles. The summed E-state index contributed by atoms with van der Waals surface area (Å²) < 4.78 is 24.6. The van der Waals surface area contributed by atoms with Crippen molar-refractivity contribution in [3.63, 3.8) is 0 Å².